The normalized spacial score (nSPS) is 18.9. The molecule has 0 spiro atoms. The summed E-state index contributed by atoms with van der Waals surface area (Å²) in [5, 5.41) is 15.8. The Morgan fingerprint density at radius 3 is 2.71 bits per heavy atom. The molecule has 0 radical (unpaired) electrons. The number of carbonyl (C=O) groups excluding carboxylic acids is 1. The summed E-state index contributed by atoms with van der Waals surface area (Å²) in [5.74, 6) is 0.441. The zero-order valence-electron chi connectivity index (χ0n) is 10.9. The molecule has 1 fully saturated rings. The van der Waals surface area contributed by atoms with E-state index in [9.17, 15) is 9.90 Å². The lowest BCUT2D eigenvalue weighted by molar-refractivity contribution is -0.121. The number of amides is 1. The van der Waals surface area contributed by atoms with E-state index in [-0.39, 0.29) is 12.0 Å². The lowest BCUT2D eigenvalue weighted by atomic mass is 9.85. The first kappa shape index (κ1) is 14.5. The second-order valence-corrected chi connectivity index (χ2v) is 4.98. The molecule has 17 heavy (non-hydrogen) atoms. The van der Waals surface area contributed by atoms with Crippen molar-refractivity contribution in [2.75, 3.05) is 20.1 Å². The van der Waals surface area contributed by atoms with E-state index in [4.69, 9.17) is 0 Å². The van der Waals surface area contributed by atoms with E-state index in [1.165, 1.54) is 19.3 Å². The maximum atomic E-state index is 11.5. The minimum absolute atomic E-state index is 0.0510. The fraction of sp³-hybridized carbons (Fsp3) is 0.923. The first-order valence-corrected chi connectivity index (χ1v) is 6.83. The van der Waals surface area contributed by atoms with Crippen molar-refractivity contribution in [2.45, 2.75) is 51.0 Å². The standard InChI is InChI=1S/C13H26N2O2/c1-14-9-5-8-13(17)15-10-12(16)11-6-3-2-4-7-11/h11-12,14,16H,2-10H2,1H3,(H,15,17). The highest BCUT2D eigenvalue weighted by Crippen LogP contribution is 2.26. The van der Waals surface area contributed by atoms with E-state index in [0.29, 0.717) is 18.9 Å². The number of hydrogen-bond acceptors (Lipinski definition) is 3. The number of aliphatic hydroxyl groups is 1. The van der Waals surface area contributed by atoms with E-state index >= 15 is 0 Å². The maximum Gasteiger partial charge on any atom is 0.220 e. The molecule has 0 heterocycles. The Labute approximate surface area is 104 Å². The molecule has 4 heteroatoms. The average Bonchev–Trinajstić information content (AvgIpc) is 2.37. The molecule has 0 bridgehead atoms. The van der Waals surface area contributed by atoms with Crippen LogP contribution >= 0.6 is 0 Å². The first-order chi connectivity index (χ1) is 8.24. The van der Waals surface area contributed by atoms with Crippen LogP contribution in [0.3, 0.4) is 0 Å². The van der Waals surface area contributed by atoms with Gasteiger partial charge in [-0.15, -0.1) is 0 Å². The van der Waals surface area contributed by atoms with Crippen molar-refractivity contribution in [1.29, 1.82) is 0 Å². The van der Waals surface area contributed by atoms with Gasteiger partial charge in [-0.25, -0.2) is 0 Å². The van der Waals surface area contributed by atoms with Crippen LogP contribution in [0.15, 0.2) is 0 Å². The lowest BCUT2D eigenvalue weighted by Crippen LogP contribution is -2.37. The first-order valence-electron chi connectivity index (χ1n) is 6.83. The van der Waals surface area contributed by atoms with Crippen LogP contribution in [-0.4, -0.2) is 37.3 Å². The van der Waals surface area contributed by atoms with Crippen molar-refractivity contribution >= 4 is 5.91 Å². The third-order valence-corrected chi connectivity index (χ3v) is 3.53. The predicted octanol–water partition coefficient (Wildman–Crippen LogP) is 1.04. The Morgan fingerprint density at radius 1 is 1.35 bits per heavy atom. The van der Waals surface area contributed by atoms with Gasteiger partial charge >= 0.3 is 0 Å². The van der Waals surface area contributed by atoms with Crippen molar-refractivity contribution in [3.05, 3.63) is 0 Å². The molecule has 0 aromatic heterocycles. The smallest absolute Gasteiger partial charge is 0.220 e. The molecule has 0 aromatic carbocycles. The van der Waals surface area contributed by atoms with E-state index < -0.39 is 0 Å². The summed E-state index contributed by atoms with van der Waals surface area (Å²) in [6, 6.07) is 0. The number of rotatable bonds is 7. The fourth-order valence-corrected chi connectivity index (χ4v) is 2.42. The molecule has 1 amide bonds. The van der Waals surface area contributed by atoms with Gasteiger partial charge in [-0.3, -0.25) is 4.79 Å². The third-order valence-electron chi connectivity index (χ3n) is 3.53. The molecule has 1 saturated carbocycles. The van der Waals surface area contributed by atoms with Crippen LogP contribution in [0, 0.1) is 5.92 Å². The summed E-state index contributed by atoms with van der Waals surface area (Å²) in [6.45, 7) is 1.28. The van der Waals surface area contributed by atoms with Crippen LogP contribution in [0.5, 0.6) is 0 Å². The van der Waals surface area contributed by atoms with Gasteiger partial charge in [-0.1, -0.05) is 19.3 Å². The van der Waals surface area contributed by atoms with Crippen LogP contribution in [0.4, 0.5) is 0 Å². The molecule has 0 saturated heterocycles. The van der Waals surface area contributed by atoms with E-state index in [0.717, 1.165) is 25.8 Å². The fourth-order valence-electron chi connectivity index (χ4n) is 2.42. The second kappa shape index (κ2) is 8.48. The molecule has 0 aromatic rings. The highest BCUT2D eigenvalue weighted by atomic mass is 16.3. The third kappa shape index (κ3) is 6.03. The van der Waals surface area contributed by atoms with Gasteiger partial charge in [0.2, 0.25) is 5.91 Å². The SMILES string of the molecule is CNCCCC(=O)NCC(O)C1CCCCC1. The largest absolute Gasteiger partial charge is 0.391 e. The van der Waals surface area contributed by atoms with Crippen LogP contribution < -0.4 is 10.6 Å². The Hall–Kier alpha value is -0.610. The van der Waals surface area contributed by atoms with Crippen molar-refractivity contribution < 1.29 is 9.90 Å². The molecule has 1 atom stereocenters. The molecule has 1 rings (SSSR count). The highest BCUT2D eigenvalue weighted by molar-refractivity contribution is 5.75. The van der Waals surface area contributed by atoms with Gasteiger partial charge in [0.25, 0.3) is 0 Å². The van der Waals surface area contributed by atoms with E-state index in [2.05, 4.69) is 10.6 Å². The topological polar surface area (TPSA) is 61.4 Å². The monoisotopic (exact) mass is 242 g/mol. The molecule has 3 N–H and O–H groups in total. The molecule has 1 aliphatic carbocycles. The zero-order valence-corrected chi connectivity index (χ0v) is 10.9. The zero-order chi connectivity index (χ0) is 12.5. The number of nitrogens with one attached hydrogen (secondary N) is 2. The van der Waals surface area contributed by atoms with E-state index in [1.807, 2.05) is 7.05 Å². The Morgan fingerprint density at radius 2 is 2.06 bits per heavy atom. The predicted molar refractivity (Wildman–Crippen MR) is 68.8 cm³/mol. The molecular formula is C13H26N2O2. The minimum Gasteiger partial charge on any atom is -0.391 e. The van der Waals surface area contributed by atoms with Crippen LogP contribution in [0.2, 0.25) is 0 Å². The summed E-state index contributed by atoms with van der Waals surface area (Å²) >= 11 is 0. The van der Waals surface area contributed by atoms with Gasteiger partial charge in [0.05, 0.1) is 6.10 Å². The molecule has 1 unspecified atom stereocenters. The molecule has 1 aliphatic rings. The maximum absolute atomic E-state index is 11.5. The highest BCUT2D eigenvalue weighted by Gasteiger charge is 2.21. The second-order valence-electron chi connectivity index (χ2n) is 4.98. The van der Waals surface area contributed by atoms with E-state index in [1.54, 1.807) is 0 Å². The number of hydrogen-bond donors (Lipinski definition) is 3. The Balaban J connectivity index is 2.09. The molecule has 4 nitrogen and oxygen atoms in total. The molecular weight excluding hydrogens is 216 g/mol. The van der Waals surface area contributed by atoms with Crippen molar-refractivity contribution in [1.82, 2.24) is 10.6 Å². The molecule has 100 valence electrons. The van der Waals surface area contributed by atoms with Gasteiger partial charge in [0.15, 0.2) is 0 Å². The summed E-state index contributed by atoms with van der Waals surface area (Å²) < 4.78 is 0. The van der Waals surface area contributed by atoms with Crippen molar-refractivity contribution in [2.24, 2.45) is 5.92 Å². The van der Waals surface area contributed by atoms with Gasteiger partial charge in [0.1, 0.15) is 0 Å². The summed E-state index contributed by atoms with van der Waals surface area (Å²) in [6.07, 6.45) is 6.98. The van der Waals surface area contributed by atoms with Crippen molar-refractivity contribution in [3.8, 4) is 0 Å². The molecule has 0 aliphatic heterocycles. The van der Waals surface area contributed by atoms with Crippen LogP contribution in [0.1, 0.15) is 44.9 Å². The van der Waals surface area contributed by atoms with Gasteiger partial charge in [-0.2, -0.15) is 0 Å². The van der Waals surface area contributed by atoms with Crippen LogP contribution in [0.25, 0.3) is 0 Å². The van der Waals surface area contributed by atoms with Gasteiger partial charge in [0, 0.05) is 13.0 Å². The van der Waals surface area contributed by atoms with Crippen LogP contribution in [-0.2, 0) is 4.79 Å². The quantitative estimate of drug-likeness (QED) is 0.585. The summed E-state index contributed by atoms with van der Waals surface area (Å²) in [5.41, 5.74) is 0. The Bertz CT molecular complexity index is 215. The van der Waals surface area contributed by atoms with Gasteiger partial charge < -0.3 is 15.7 Å². The minimum atomic E-state index is -0.358. The Kier molecular flexibility index (Phi) is 7.21. The summed E-state index contributed by atoms with van der Waals surface area (Å²) in [4.78, 5) is 11.5. The number of aliphatic hydroxyl groups excluding tert-OH is 1. The summed E-state index contributed by atoms with van der Waals surface area (Å²) in [7, 11) is 1.88. The van der Waals surface area contributed by atoms with Crippen molar-refractivity contribution in [3.63, 3.8) is 0 Å². The number of carbonyl (C=O) groups is 1. The average molecular weight is 242 g/mol. The lowest BCUT2D eigenvalue weighted by Gasteiger charge is -2.26. The van der Waals surface area contributed by atoms with Gasteiger partial charge in [-0.05, 0) is 38.8 Å².